The molecule has 1 aromatic carbocycles. The van der Waals surface area contributed by atoms with Crippen molar-refractivity contribution in [2.75, 3.05) is 27.9 Å². The Morgan fingerprint density at radius 2 is 1.80 bits per heavy atom. The average Bonchev–Trinajstić information content (AvgIpc) is 3.49. The number of allylic oxidation sites excluding steroid dienone is 8. The monoisotopic (exact) mass is 565 g/mol. The van der Waals surface area contributed by atoms with E-state index < -0.39 is 0 Å². The number of hydrogen-bond donors (Lipinski definition) is 1. The number of ether oxygens (including phenoxy) is 3. The molecule has 2 rings (SSSR count). The van der Waals surface area contributed by atoms with Crippen molar-refractivity contribution in [1.29, 1.82) is 0 Å². The number of carbonyl (C=O) groups is 2. The smallest absolute Gasteiger partial charge is 0.292 e. The van der Waals surface area contributed by atoms with Crippen LogP contribution in [0.25, 0.3) is 11.4 Å². The highest BCUT2D eigenvalue weighted by Crippen LogP contribution is 2.24. The molecule has 10 nitrogen and oxygen atoms in total. The predicted octanol–water partition coefficient (Wildman–Crippen LogP) is 5.64. The van der Waals surface area contributed by atoms with Gasteiger partial charge in [0, 0.05) is 12.1 Å². The lowest BCUT2D eigenvalue weighted by molar-refractivity contribution is -0.126. The minimum Gasteiger partial charge on any atom is -0.501 e. The molecule has 10 heteroatoms. The number of tetrazole rings is 1. The van der Waals surface area contributed by atoms with Gasteiger partial charge < -0.3 is 19.5 Å². The zero-order chi connectivity index (χ0) is 31.2. The van der Waals surface area contributed by atoms with Crippen LogP contribution >= 0.6 is 0 Å². The largest absolute Gasteiger partial charge is 0.501 e. The molecule has 222 valence electrons. The summed E-state index contributed by atoms with van der Waals surface area (Å²) in [4.78, 5) is 23.3. The first-order valence-electron chi connectivity index (χ1n) is 13.0. The predicted molar refractivity (Wildman–Crippen MR) is 163 cm³/mol. The zero-order valence-electron chi connectivity index (χ0n) is 25.4. The second-order valence-corrected chi connectivity index (χ2v) is 8.02. The number of benzene rings is 1. The van der Waals surface area contributed by atoms with Crippen molar-refractivity contribution >= 4 is 12.4 Å². The Balaban J connectivity index is 0.00000244. The van der Waals surface area contributed by atoms with Crippen LogP contribution in [0.1, 0.15) is 45.0 Å². The first-order chi connectivity index (χ1) is 19.7. The van der Waals surface area contributed by atoms with Gasteiger partial charge >= 0.3 is 0 Å². The first-order valence-corrected chi connectivity index (χ1v) is 13.0. The standard InChI is InChI=1S/C27H33N5O3.C2H4O2.C2H6/c1-8-19(3)10-11-20(4)17-28-27(33)24-16-23(14-15-25(24)35-7)26-29-31-32(30-26)18-22(9-2)13-12-21(5)34-6;1-4-2-3;1-2/h8-16H,2,4,17-18H2,1,3,5-7H3,(H,28,33);2H,1H3;1-2H3/b11-10-,19-8-,21-12+,22-13+;;. The van der Waals surface area contributed by atoms with Crippen LogP contribution in [0.5, 0.6) is 5.75 Å². The van der Waals surface area contributed by atoms with E-state index in [1.165, 1.54) is 19.0 Å². The lowest BCUT2D eigenvalue weighted by Gasteiger charge is -2.10. The van der Waals surface area contributed by atoms with Gasteiger partial charge in [0.15, 0.2) is 0 Å². The highest BCUT2D eigenvalue weighted by Gasteiger charge is 2.16. The van der Waals surface area contributed by atoms with Crippen molar-refractivity contribution in [2.24, 2.45) is 0 Å². The number of hydrogen-bond acceptors (Lipinski definition) is 8. The summed E-state index contributed by atoms with van der Waals surface area (Å²) in [5.74, 6) is 1.32. The molecule has 1 N–H and O–H groups in total. The van der Waals surface area contributed by atoms with Crippen molar-refractivity contribution in [3.63, 3.8) is 0 Å². The summed E-state index contributed by atoms with van der Waals surface area (Å²) < 4.78 is 14.4. The Labute approximate surface area is 243 Å². The van der Waals surface area contributed by atoms with Crippen molar-refractivity contribution in [3.05, 3.63) is 95.9 Å². The fourth-order valence-corrected chi connectivity index (χ4v) is 2.78. The number of amides is 1. The van der Waals surface area contributed by atoms with Gasteiger partial charge in [-0.1, -0.05) is 63.0 Å². The minimum atomic E-state index is -0.287. The molecule has 1 heterocycles. The first kappa shape index (κ1) is 36.3. The Kier molecular flexibility index (Phi) is 18.7. The molecular formula is C31H43N5O5. The van der Waals surface area contributed by atoms with Crippen molar-refractivity contribution in [3.8, 4) is 17.1 Å². The number of aromatic nitrogens is 4. The van der Waals surface area contributed by atoms with Gasteiger partial charge in [-0.05, 0) is 61.4 Å². The summed E-state index contributed by atoms with van der Waals surface area (Å²) >= 11 is 0. The number of methoxy groups -OCH3 is 3. The van der Waals surface area contributed by atoms with Gasteiger partial charge in [0.1, 0.15) is 5.75 Å². The van der Waals surface area contributed by atoms with Crippen LogP contribution in [0, 0.1) is 0 Å². The molecule has 1 aromatic heterocycles. The fraction of sp³-hybridized carbons (Fsp3) is 0.323. The van der Waals surface area contributed by atoms with E-state index in [0.29, 0.717) is 42.3 Å². The van der Waals surface area contributed by atoms with Gasteiger partial charge in [-0.3, -0.25) is 9.59 Å². The second-order valence-electron chi connectivity index (χ2n) is 8.02. The minimum absolute atomic E-state index is 0.287. The number of rotatable bonds is 13. The molecule has 0 bridgehead atoms. The molecule has 0 aliphatic heterocycles. The van der Waals surface area contributed by atoms with E-state index in [2.05, 4.69) is 38.6 Å². The quantitative estimate of drug-likeness (QED) is 0.189. The number of nitrogens with zero attached hydrogens (tertiary/aromatic N) is 4. The van der Waals surface area contributed by atoms with E-state index in [1.807, 2.05) is 65.0 Å². The molecule has 0 fully saturated rings. The summed E-state index contributed by atoms with van der Waals surface area (Å²) in [5.41, 5.74) is 3.79. The van der Waals surface area contributed by atoms with Crippen molar-refractivity contribution in [2.45, 2.75) is 41.2 Å². The maximum Gasteiger partial charge on any atom is 0.292 e. The summed E-state index contributed by atoms with van der Waals surface area (Å²) in [6.07, 6.45) is 11.3. The van der Waals surface area contributed by atoms with Crippen LogP contribution < -0.4 is 10.1 Å². The molecule has 0 saturated carbocycles. The van der Waals surface area contributed by atoms with Crippen LogP contribution in [0.4, 0.5) is 0 Å². The fourth-order valence-electron chi connectivity index (χ4n) is 2.78. The van der Waals surface area contributed by atoms with Gasteiger partial charge in [0.2, 0.25) is 5.82 Å². The molecule has 2 aromatic rings. The third kappa shape index (κ3) is 13.8. The van der Waals surface area contributed by atoms with Crippen LogP contribution in [0.3, 0.4) is 0 Å². The van der Waals surface area contributed by atoms with Crippen LogP contribution in [-0.2, 0) is 20.8 Å². The van der Waals surface area contributed by atoms with E-state index in [1.54, 1.807) is 31.4 Å². The van der Waals surface area contributed by atoms with Crippen molar-refractivity contribution in [1.82, 2.24) is 25.5 Å². The van der Waals surface area contributed by atoms with Gasteiger partial charge in [-0.25, -0.2) is 0 Å². The molecule has 41 heavy (non-hydrogen) atoms. The summed E-state index contributed by atoms with van der Waals surface area (Å²) in [5, 5.41) is 15.6. The third-order valence-electron chi connectivity index (χ3n) is 5.20. The Bertz CT molecular complexity index is 1260. The Morgan fingerprint density at radius 3 is 2.37 bits per heavy atom. The lowest BCUT2D eigenvalue weighted by Crippen LogP contribution is -2.25. The van der Waals surface area contributed by atoms with Crippen molar-refractivity contribution < 1.29 is 23.8 Å². The summed E-state index contributed by atoms with van der Waals surface area (Å²) in [7, 11) is 4.44. The summed E-state index contributed by atoms with van der Waals surface area (Å²) in [6, 6.07) is 5.18. The normalized spacial score (nSPS) is 11.4. The molecule has 0 spiro atoms. The number of nitrogens with one attached hydrogen (secondary N) is 1. The average molecular weight is 566 g/mol. The van der Waals surface area contributed by atoms with Gasteiger partial charge in [0.25, 0.3) is 12.4 Å². The van der Waals surface area contributed by atoms with Crippen LogP contribution in [0.2, 0.25) is 0 Å². The zero-order valence-corrected chi connectivity index (χ0v) is 25.4. The molecule has 0 aliphatic rings. The van der Waals surface area contributed by atoms with E-state index in [0.717, 1.165) is 22.5 Å². The van der Waals surface area contributed by atoms with Crippen LogP contribution in [-0.4, -0.2) is 60.5 Å². The van der Waals surface area contributed by atoms with Crippen LogP contribution in [0.15, 0.2) is 90.3 Å². The molecule has 0 aliphatic carbocycles. The van der Waals surface area contributed by atoms with E-state index in [9.17, 15) is 4.79 Å². The summed E-state index contributed by atoms with van der Waals surface area (Å²) in [6.45, 7) is 18.7. The molecular weight excluding hydrogens is 522 g/mol. The van der Waals surface area contributed by atoms with Gasteiger partial charge in [-0.15, -0.1) is 10.2 Å². The Morgan fingerprint density at radius 1 is 1.12 bits per heavy atom. The maximum absolute atomic E-state index is 12.9. The third-order valence-corrected chi connectivity index (χ3v) is 5.20. The van der Waals surface area contributed by atoms with E-state index in [4.69, 9.17) is 14.3 Å². The highest BCUT2D eigenvalue weighted by molar-refractivity contribution is 5.98. The van der Waals surface area contributed by atoms with E-state index >= 15 is 0 Å². The molecule has 0 radical (unpaired) electrons. The molecule has 0 saturated heterocycles. The van der Waals surface area contributed by atoms with Gasteiger partial charge in [-0.2, -0.15) is 4.80 Å². The van der Waals surface area contributed by atoms with Gasteiger partial charge in [0.05, 0.1) is 39.2 Å². The Hall–Kier alpha value is -4.73. The highest BCUT2D eigenvalue weighted by atomic mass is 16.5. The second kappa shape index (κ2) is 21.1. The SMILES string of the molecule is C=C/C(=C\C=C(/C)OC)Cn1nnc(-c2ccc(OC)c(C(=O)NCC(=C)/C=C\C(C)=C/C)c2)n1.CC.COC=O. The molecule has 0 unspecified atom stereocenters. The van der Waals surface area contributed by atoms with E-state index in [-0.39, 0.29) is 5.91 Å². The number of carbonyl (C=O) groups excluding carboxylic acids is 2. The molecule has 0 atom stereocenters. The topological polar surface area (TPSA) is 117 Å². The maximum atomic E-state index is 12.9. The molecule has 1 amide bonds. The lowest BCUT2D eigenvalue weighted by atomic mass is 10.1.